The van der Waals surface area contributed by atoms with Crippen molar-refractivity contribution >= 4 is 28.8 Å². The number of carbonyl (C=O) groups is 1. The molecule has 27 heavy (non-hydrogen) atoms. The minimum absolute atomic E-state index is 0.365. The molecule has 0 bridgehead atoms. The maximum Gasteiger partial charge on any atom is 0.160 e. The first-order valence-electron chi connectivity index (χ1n) is 9.39. The molecule has 4 heterocycles. The van der Waals surface area contributed by atoms with Crippen molar-refractivity contribution < 1.29 is 4.79 Å². The Hall–Kier alpha value is -3.09. The third-order valence-corrected chi connectivity index (χ3v) is 5.95. The van der Waals surface area contributed by atoms with Crippen molar-refractivity contribution in [2.45, 2.75) is 24.8 Å². The second-order valence-electron chi connectivity index (χ2n) is 7.32. The number of fused-ring (bicyclic) bond motifs is 1. The number of aromatic nitrogens is 3. The maximum atomic E-state index is 12.9. The highest BCUT2D eigenvalue weighted by atomic mass is 16.1. The van der Waals surface area contributed by atoms with Crippen LogP contribution < -0.4 is 15.5 Å². The molecule has 2 aliphatic rings. The molecule has 0 amide bonds. The Morgan fingerprint density at radius 2 is 1.81 bits per heavy atom. The SMILES string of the molecule is Nc1cc(N2CCC3(CC2)C(=O)CCN3c2ccccc2)nc2ccnn12. The highest BCUT2D eigenvalue weighted by Crippen LogP contribution is 2.40. The number of carbonyl (C=O) groups excluding carboxylic acids is 1. The summed E-state index contributed by atoms with van der Waals surface area (Å²) in [5.41, 5.74) is 7.61. The molecule has 7 nitrogen and oxygen atoms in total. The van der Waals surface area contributed by atoms with Gasteiger partial charge in [0.1, 0.15) is 17.2 Å². The molecule has 0 unspecified atom stereocenters. The lowest BCUT2D eigenvalue weighted by Crippen LogP contribution is -2.56. The number of hydrogen-bond donors (Lipinski definition) is 1. The van der Waals surface area contributed by atoms with E-state index in [1.54, 1.807) is 10.7 Å². The quantitative estimate of drug-likeness (QED) is 0.752. The molecule has 2 aliphatic heterocycles. The molecule has 2 aromatic heterocycles. The van der Waals surface area contributed by atoms with E-state index in [1.807, 2.05) is 30.3 Å². The van der Waals surface area contributed by atoms with Gasteiger partial charge in [-0.3, -0.25) is 4.79 Å². The number of Topliss-reactive ketones (excluding diaryl/α,β-unsaturated/α-hetero) is 1. The third kappa shape index (κ3) is 2.45. The Labute approximate surface area is 157 Å². The van der Waals surface area contributed by atoms with E-state index in [-0.39, 0.29) is 5.54 Å². The third-order valence-electron chi connectivity index (χ3n) is 5.95. The molecule has 1 spiro atoms. The summed E-state index contributed by atoms with van der Waals surface area (Å²) in [6.45, 7) is 2.37. The van der Waals surface area contributed by atoms with E-state index in [0.717, 1.165) is 49.6 Å². The van der Waals surface area contributed by atoms with Crippen LogP contribution >= 0.6 is 0 Å². The van der Waals surface area contributed by atoms with Crippen LogP contribution in [0, 0.1) is 0 Å². The molecule has 2 saturated heterocycles. The van der Waals surface area contributed by atoms with Crippen LogP contribution in [0.4, 0.5) is 17.3 Å². The molecular weight excluding hydrogens is 340 g/mol. The summed E-state index contributed by atoms with van der Waals surface area (Å²) in [5, 5.41) is 4.18. The second kappa shape index (κ2) is 5.97. The lowest BCUT2D eigenvalue weighted by molar-refractivity contribution is -0.122. The first kappa shape index (κ1) is 16.1. The molecule has 0 atom stereocenters. The lowest BCUT2D eigenvalue weighted by Gasteiger charge is -2.45. The number of piperidine rings is 1. The summed E-state index contributed by atoms with van der Waals surface area (Å²) in [7, 11) is 0. The molecule has 0 aliphatic carbocycles. The number of anilines is 3. The van der Waals surface area contributed by atoms with Gasteiger partial charge in [-0.2, -0.15) is 9.61 Å². The molecule has 1 aromatic carbocycles. The van der Waals surface area contributed by atoms with Gasteiger partial charge < -0.3 is 15.5 Å². The molecule has 138 valence electrons. The van der Waals surface area contributed by atoms with Gasteiger partial charge in [-0.1, -0.05) is 18.2 Å². The first-order chi connectivity index (χ1) is 13.2. The molecule has 7 heteroatoms. The van der Waals surface area contributed by atoms with Crippen molar-refractivity contribution in [2.75, 3.05) is 35.2 Å². The Kier molecular flexibility index (Phi) is 3.56. The van der Waals surface area contributed by atoms with E-state index >= 15 is 0 Å². The molecule has 0 saturated carbocycles. The highest BCUT2D eigenvalue weighted by molar-refractivity contribution is 5.95. The highest BCUT2D eigenvalue weighted by Gasteiger charge is 2.49. The number of para-hydroxylation sites is 1. The van der Waals surface area contributed by atoms with E-state index in [4.69, 9.17) is 5.73 Å². The fourth-order valence-corrected chi connectivity index (χ4v) is 4.53. The van der Waals surface area contributed by atoms with E-state index < -0.39 is 0 Å². The van der Waals surface area contributed by atoms with Gasteiger partial charge in [0, 0.05) is 43.9 Å². The standard InChI is InChI=1S/C20H22N6O/c21-17-14-19(23-18-6-10-22-26(17)18)24-12-8-20(9-13-24)16(27)7-11-25(20)15-4-2-1-3-5-15/h1-6,10,14H,7-9,11-13,21H2. The van der Waals surface area contributed by atoms with Crippen LogP contribution in [-0.2, 0) is 4.79 Å². The summed E-state index contributed by atoms with van der Waals surface area (Å²) in [6.07, 6.45) is 3.92. The predicted molar refractivity (Wildman–Crippen MR) is 105 cm³/mol. The van der Waals surface area contributed by atoms with Crippen LogP contribution in [0.5, 0.6) is 0 Å². The fourth-order valence-electron chi connectivity index (χ4n) is 4.53. The van der Waals surface area contributed by atoms with E-state index in [0.29, 0.717) is 18.0 Å². The zero-order valence-electron chi connectivity index (χ0n) is 15.1. The van der Waals surface area contributed by atoms with Crippen LogP contribution in [0.1, 0.15) is 19.3 Å². The Morgan fingerprint density at radius 1 is 1.04 bits per heavy atom. The minimum Gasteiger partial charge on any atom is -0.383 e. The van der Waals surface area contributed by atoms with Crippen molar-refractivity contribution in [2.24, 2.45) is 0 Å². The number of hydrogen-bond acceptors (Lipinski definition) is 6. The number of benzene rings is 1. The van der Waals surface area contributed by atoms with Crippen molar-refractivity contribution in [1.29, 1.82) is 0 Å². The molecule has 2 N–H and O–H groups in total. The van der Waals surface area contributed by atoms with Crippen LogP contribution in [0.3, 0.4) is 0 Å². The normalized spacial score (nSPS) is 19.3. The van der Waals surface area contributed by atoms with Crippen LogP contribution in [-0.4, -0.2) is 45.6 Å². The number of nitrogen functional groups attached to an aromatic ring is 1. The van der Waals surface area contributed by atoms with Crippen LogP contribution in [0.2, 0.25) is 0 Å². The van der Waals surface area contributed by atoms with Crippen LogP contribution in [0.15, 0.2) is 48.7 Å². The van der Waals surface area contributed by atoms with Crippen molar-refractivity contribution in [3.63, 3.8) is 0 Å². The number of ketones is 1. The topological polar surface area (TPSA) is 79.8 Å². The van der Waals surface area contributed by atoms with Crippen molar-refractivity contribution in [3.05, 3.63) is 48.7 Å². The molecule has 5 rings (SSSR count). The van der Waals surface area contributed by atoms with Gasteiger partial charge in [-0.15, -0.1) is 0 Å². The van der Waals surface area contributed by atoms with E-state index in [2.05, 4.69) is 32.0 Å². The monoisotopic (exact) mass is 362 g/mol. The van der Waals surface area contributed by atoms with Gasteiger partial charge in [0.05, 0.1) is 6.20 Å². The molecular formula is C20H22N6O. The van der Waals surface area contributed by atoms with E-state index in [1.165, 1.54) is 0 Å². The van der Waals surface area contributed by atoms with Gasteiger partial charge in [0.25, 0.3) is 0 Å². The van der Waals surface area contributed by atoms with Crippen LogP contribution in [0.25, 0.3) is 5.65 Å². The zero-order chi connectivity index (χ0) is 18.4. The van der Waals surface area contributed by atoms with Gasteiger partial charge in [-0.25, -0.2) is 4.98 Å². The molecule has 2 fully saturated rings. The average molecular weight is 362 g/mol. The van der Waals surface area contributed by atoms with Gasteiger partial charge in [0.15, 0.2) is 11.4 Å². The smallest absolute Gasteiger partial charge is 0.160 e. The molecule has 3 aromatic rings. The number of rotatable bonds is 2. The summed E-state index contributed by atoms with van der Waals surface area (Å²) in [4.78, 5) is 22.1. The summed E-state index contributed by atoms with van der Waals surface area (Å²) in [5.74, 6) is 1.79. The molecule has 0 radical (unpaired) electrons. The summed E-state index contributed by atoms with van der Waals surface area (Å²) < 4.78 is 1.63. The largest absolute Gasteiger partial charge is 0.383 e. The maximum absolute atomic E-state index is 12.9. The zero-order valence-corrected chi connectivity index (χ0v) is 15.1. The Bertz CT molecular complexity index is 990. The van der Waals surface area contributed by atoms with E-state index in [9.17, 15) is 4.79 Å². The van der Waals surface area contributed by atoms with Gasteiger partial charge in [-0.05, 0) is 25.0 Å². The number of nitrogens with zero attached hydrogens (tertiary/aromatic N) is 5. The second-order valence-corrected chi connectivity index (χ2v) is 7.32. The minimum atomic E-state index is -0.385. The Balaban J connectivity index is 1.41. The summed E-state index contributed by atoms with van der Waals surface area (Å²) >= 11 is 0. The average Bonchev–Trinajstić information content (AvgIpc) is 3.29. The summed E-state index contributed by atoms with van der Waals surface area (Å²) in [6, 6.07) is 14.0. The predicted octanol–water partition coefficient (Wildman–Crippen LogP) is 2.13. The first-order valence-corrected chi connectivity index (χ1v) is 9.39. The van der Waals surface area contributed by atoms with Gasteiger partial charge >= 0.3 is 0 Å². The van der Waals surface area contributed by atoms with Crippen molar-refractivity contribution in [1.82, 2.24) is 14.6 Å². The Morgan fingerprint density at radius 3 is 2.59 bits per heavy atom. The van der Waals surface area contributed by atoms with Crippen molar-refractivity contribution in [3.8, 4) is 0 Å². The lowest BCUT2D eigenvalue weighted by atomic mass is 9.83. The van der Waals surface area contributed by atoms with Gasteiger partial charge in [0.2, 0.25) is 0 Å². The number of nitrogens with two attached hydrogens (primary N) is 1. The fraction of sp³-hybridized carbons (Fsp3) is 0.350.